The van der Waals surface area contributed by atoms with Gasteiger partial charge < -0.3 is 10.2 Å². The van der Waals surface area contributed by atoms with Gasteiger partial charge in [0.2, 0.25) is 0 Å². The van der Waals surface area contributed by atoms with Crippen LogP contribution >= 0.6 is 0 Å². The van der Waals surface area contributed by atoms with Crippen molar-refractivity contribution in [2.24, 2.45) is 5.73 Å². The highest BCUT2D eigenvalue weighted by Crippen LogP contribution is 2.33. The van der Waals surface area contributed by atoms with E-state index in [1.807, 2.05) is 6.07 Å². The Labute approximate surface area is 109 Å². The maximum Gasteiger partial charge on any atom is 0.117 e. The molecule has 2 aliphatic rings. The van der Waals surface area contributed by atoms with E-state index in [0.717, 1.165) is 24.9 Å². The maximum absolute atomic E-state index is 6.58. The van der Waals surface area contributed by atoms with Crippen LogP contribution in [0.4, 0.5) is 0 Å². The van der Waals surface area contributed by atoms with Crippen LogP contribution in [0.3, 0.4) is 0 Å². The fourth-order valence-corrected chi connectivity index (χ4v) is 3.17. The minimum atomic E-state index is 0.0490. The molecule has 2 aliphatic carbocycles. The van der Waals surface area contributed by atoms with Gasteiger partial charge >= 0.3 is 0 Å². The maximum atomic E-state index is 6.58. The molecule has 100 valence electrons. The van der Waals surface area contributed by atoms with E-state index >= 15 is 0 Å². The van der Waals surface area contributed by atoms with Crippen LogP contribution in [0.2, 0.25) is 0 Å². The van der Waals surface area contributed by atoms with Crippen molar-refractivity contribution < 1.29 is 4.42 Å². The van der Waals surface area contributed by atoms with E-state index in [1.165, 1.54) is 44.9 Å². The van der Waals surface area contributed by atoms with Crippen molar-refractivity contribution in [2.75, 3.05) is 6.54 Å². The average Bonchev–Trinajstić information content (AvgIpc) is 3.09. The standard InChI is InChI=1S/C15H24N2O/c16-15(8-2-1-3-9-15)12-17(13-6-7-13)11-14-5-4-10-18-14/h4-5,10,13H,1-3,6-9,11-12,16H2. The van der Waals surface area contributed by atoms with Crippen LogP contribution in [0, 0.1) is 0 Å². The number of nitrogens with two attached hydrogens (primary N) is 1. The molecule has 0 spiro atoms. The zero-order valence-electron chi connectivity index (χ0n) is 11.1. The van der Waals surface area contributed by atoms with Crippen molar-refractivity contribution in [1.82, 2.24) is 4.90 Å². The number of hydrogen-bond acceptors (Lipinski definition) is 3. The fourth-order valence-electron chi connectivity index (χ4n) is 3.17. The van der Waals surface area contributed by atoms with E-state index in [9.17, 15) is 0 Å². The van der Waals surface area contributed by atoms with Gasteiger partial charge in [0.15, 0.2) is 0 Å². The molecule has 2 saturated carbocycles. The summed E-state index contributed by atoms with van der Waals surface area (Å²) in [5.41, 5.74) is 6.63. The summed E-state index contributed by atoms with van der Waals surface area (Å²) in [7, 11) is 0. The average molecular weight is 248 g/mol. The second-order valence-electron chi connectivity index (χ2n) is 6.14. The van der Waals surface area contributed by atoms with E-state index in [1.54, 1.807) is 6.26 Å². The summed E-state index contributed by atoms with van der Waals surface area (Å²) in [5.74, 6) is 1.07. The number of furan rings is 1. The quantitative estimate of drug-likeness (QED) is 0.871. The molecule has 0 unspecified atom stereocenters. The van der Waals surface area contributed by atoms with Crippen LogP contribution in [0.15, 0.2) is 22.8 Å². The highest BCUT2D eigenvalue weighted by molar-refractivity contribution is 5.02. The topological polar surface area (TPSA) is 42.4 Å². The molecule has 3 nitrogen and oxygen atoms in total. The Morgan fingerprint density at radius 2 is 2.06 bits per heavy atom. The van der Waals surface area contributed by atoms with Crippen molar-refractivity contribution in [2.45, 2.75) is 63.1 Å². The molecule has 1 aromatic rings. The van der Waals surface area contributed by atoms with Crippen molar-refractivity contribution in [3.63, 3.8) is 0 Å². The highest BCUT2D eigenvalue weighted by atomic mass is 16.3. The lowest BCUT2D eigenvalue weighted by molar-refractivity contribution is 0.151. The van der Waals surface area contributed by atoms with E-state index in [0.29, 0.717) is 0 Å². The van der Waals surface area contributed by atoms with E-state index in [-0.39, 0.29) is 5.54 Å². The molecule has 0 saturated heterocycles. The zero-order chi connectivity index (χ0) is 12.4. The first-order chi connectivity index (χ1) is 8.75. The lowest BCUT2D eigenvalue weighted by Crippen LogP contribution is -2.51. The lowest BCUT2D eigenvalue weighted by Gasteiger charge is -2.38. The summed E-state index contributed by atoms with van der Waals surface area (Å²) in [6.07, 6.45) is 10.8. The molecule has 2 fully saturated rings. The second kappa shape index (κ2) is 5.06. The summed E-state index contributed by atoms with van der Waals surface area (Å²) in [6.45, 7) is 1.97. The second-order valence-corrected chi connectivity index (χ2v) is 6.14. The first-order valence-electron chi connectivity index (χ1n) is 7.31. The molecule has 0 atom stereocenters. The molecular weight excluding hydrogens is 224 g/mol. The van der Waals surface area contributed by atoms with Gasteiger partial charge in [-0.1, -0.05) is 19.3 Å². The third-order valence-corrected chi connectivity index (χ3v) is 4.37. The summed E-state index contributed by atoms with van der Waals surface area (Å²) >= 11 is 0. The number of hydrogen-bond donors (Lipinski definition) is 1. The van der Waals surface area contributed by atoms with Crippen molar-refractivity contribution in [3.05, 3.63) is 24.2 Å². The van der Waals surface area contributed by atoms with E-state index in [4.69, 9.17) is 10.2 Å². The molecule has 0 aliphatic heterocycles. The summed E-state index contributed by atoms with van der Waals surface area (Å²) < 4.78 is 5.48. The molecule has 3 rings (SSSR count). The highest BCUT2D eigenvalue weighted by Gasteiger charge is 2.36. The zero-order valence-corrected chi connectivity index (χ0v) is 11.1. The van der Waals surface area contributed by atoms with Gasteiger partial charge in [0.05, 0.1) is 12.8 Å². The van der Waals surface area contributed by atoms with E-state index < -0.39 is 0 Å². The molecule has 1 aromatic heterocycles. The predicted octanol–water partition coefficient (Wildman–Crippen LogP) is 2.91. The minimum absolute atomic E-state index is 0.0490. The Morgan fingerprint density at radius 1 is 1.28 bits per heavy atom. The van der Waals surface area contributed by atoms with Crippen molar-refractivity contribution in [1.29, 1.82) is 0 Å². The van der Waals surface area contributed by atoms with Crippen LogP contribution in [-0.2, 0) is 6.54 Å². The fraction of sp³-hybridized carbons (Fsp3) is 0.733. The van der Waals surface area contributed by atoms with Crippen LogP contribution in [-0.4, -0.2) is 23.0 Å². The Kier molecular flexibility index (Phi) is 3.44. The molecule has 0 bridgehead atoms. The Bertz CT molecular complexity index is 364. The lowest BCUT2D eigenvalue weighted by atomic mass is 9.82. The monoisotopic (exact) mass is 248 g/mol. The van der Waals surface area contributed by atoms with Crippen LogP contribution in [0.1, 0.15) is 50.7 Å². The molecule has 0 radical (unpaired) electrons. The summed E-state index contributed by atoms with van der Waals surface area (Å²) in [5, 5.41) is 0. The molecule has 3 heteroatoms. The third-order valence-electron chi connectivity index (χ3n) is 4.37. The van der Waals surface area contributed by atoms with Crippen LogP contribution < -0.4 is 5.73 Å². The van der Waals surface area contributed by atoms with Gasteiger partial charge in [0.25, 0.3) is 0 Å². The molecule has 1 heterocycles. The van der Waals surface area contributed by atoms with Gasteiger partial charge in [0, 0.05) is 18.1 Å². The predicted molar refractivity (Wildman–Crippen MR) is 72.1 cm³/mol. The first-order valence-corrected chi connectivity index (χ1v) is 7.31. The molecular formula is C15H24N2O. The smallest absolute Gasteiger partial charge is 0.117 e. The Morgan fingerprint density at radius 3 is 2.67 bits per heavy atom. The van der Waals surface area contributed by atoms with Crippen molar-refractivity contribution >= 4 is 0 Å². The third kappa shape index (κ3) is 2.96. The van der Waals surface area contributed by atoms with E-state index in [2.05, 4.69) is 11.0 Å². The molecule has 18 heavy (non-hydrogen) atoms. The minimum Gasteiger partial charge on any atom is -0.468 e. The van der Waals surface area contributed by atoms with Gasteiger partial charge in [-0.2, -0.15) is 0 Å². The molecule has 0 amide bonds. The van der Waals surface area contributed by atoms with Gasteiger partial charge in [-0.25, -0.2) is 0 Å². The largest absolute Gasteiger partial charge is 0.468 e. The summed E-state index contributed by atoms with van der Waals surface area (Å²) in [4.78, 5) is 2.55. The molecule has 2 N–H and O–H groups in total. The van der Waals surface area contributed by atoms with Crippen LogP contribution in [0.5, 0.6) is 0 Å². The molecule has 0 aromatic carbocycles. The summed E-state index contributed by atoms with van der Waals surface area (Å²) in [6, 6.07) is 4.79. The van der Waals surface area contributed by atoms with Gasteiger partial charge in [-0.15, -0.1) is 0 Å². The Hall–Kier alpha value is -0.800. The van der Waals surface area contributed by atoms with Crippen LogP contribution in [0.25, 0.3) is 0 Å². The number of nitrogens with zero attached hydrogens (tertiary/aromatic N) is 1. The van der Waals surface area contributed by atoms with Gasteiger partial charge in [-0.05, 0) is 37.8 Å². The van der Waals surface area contributed by atoms with Crippen molar-refractivity contribution in [3.8, 4) is 0 Å². The first kappa shape index (κ1) is 12.2. The normalized spacial score (nSPS) is 23.4. The van der Waals surface area contributed by atoms with Gasteiger partial charge in [0.1, 0.15) is 5.76 Å². The number of rotatable bonds is 5. The SMILES string of the molecule is NC1(CN(Cc2ccco2)C2CC2)CCCCC1. The Balaban J connectivity index is 1.62. The van der Waals surface area contributed by atoms with Gasteiger partial charge in [-0.3, -0.25) is 4.90 Å².